The number of benzene rings is 3. The van der Waals surface area contributed by atoms with E-state index in [0.29, 0.717) is 6.61 Å². The van der Waals surface area contributed by atoms with Crippen molar-refractivity contribution in [2.45, 2.75) is 57.0 Å². The molecule has 0 aromatic heterocycles. The lowest BCUT2D eigenvalue weighted by atomic mass is 10.1. The average Bonchev–Trinajstić information content (AvgIpc) is 3.10. The van der Waals surface area contributed by atoms with Gasteiger partial charge >= 0.3 is 0 Å². The molecular weight excluding hydrogens is 444 g/mol. The molecule has 0 spiro atoms. The molecule has 0 aliphatic carbocycles. The van der Waals surface area contributed by atoms with Crippen LogP contribution >= 0.6 is 0 Å². The van der Waals surface area contributed by atoms with Crippen molar-refractivity contribution in [1.82, 2.24) is 0 Å². The van der Waals surface area contributed by atoms with Crippen LogP contribution in [0.3, 0.4) is 0 Å². The molecule has 3 aromatic carbocycles. The lowest BCUT2D eigenvalue weighted by molar-refractivity contribution is -0.135. The summed E-state index contributed by atoms with van der Waals surface area (Å²) in [7, 11) is -2.95. The van der Waals surface area contributed by atoms with Crippen molar-refractivity contribution in [2.75, 3.05) is 6.61 Å². The first kappa shape index (κ1) is 24.8. The molecule has 4 atom stereocenters. The molecular formula is C28H34O5Si. The van der Waals surface area contributed by atoms with Gasteiger partial charge in [-0.1, -0.05) is 112 Å². The summed E-state index contributed by atoms with van der Waals surface area (Å²) in [6, 6.07) is 30.2. The molecule has 0 saturated carbocycles. The van der Waals surface area contributed by atoms with E-state index >= 15 is 0 Å². The molecule has 1 fully saturated rings. The summed E-state index contributed by atoms with van der Waals surface area (Å²) in [6.45, 7) is 7.05. The van der Waals surface area contributed by atoms with Gasteiger partial charge < -0.3 is 24.1 Å². The Hall–Kier alpha value is -2.32. The third-order valence-electron chi connectivity index (χ3n) is 6.44. The van der Waals surface area contributed by atoms with Crippen LogP contribution in [0.2, 0.25) is 5.04 Å². The molecule has 1 unspecified atom stereocenters. The molecule has 34 heavy (non-hydrogen) atoms. The first-order chi connectivity index (χ1) is 16.3. The van der Waals surface area contributed by atoms with Crippen LogP contribution in [0.4, 0.5) is 0 Å². The predicted octanol–water partition coefficient (Wildman–Crippen LogP) is 3.23. The number of rotatable bonds is 8. The third kappa shape index (κ3) is 5.03. The summed E-state index contributed by atoms with van der Waals surface area (Å²) in [6.07, 6.45) is -3.84. The topological polar surface area (TPSA) is 68.2 Å². The first-order valence-corrected chi connectivity index (χ1v) is 13.7. The summed E-state index contributed by atoms with van der Waals surface area (Å²) in [5.74, 6) is 0. The zero-order valence-corrected chi connectivity index (χ0v) is 21.0. The van der Waals surface area contributed by atoms with Crippen LogP contribution in [0.1, 0.15) is 26.3 Å². The van der Waals surface area contributed by atoms with E-state index in [-0.39, 0.29) is 11.6 Å². The largest absolute Gasteiger partial charge is 0.396 e. The maximum atomic E-state index is 11.2. The molecule has 3 aromatic rings. The van der Waals surface area contributed by atoms with Crippen molar-refractivity contribution in [3.63, 3.8) is 0 Å². The zero-order chi connectivity index (χ0) is 24.2. The molecule has 0 bridgehead atoms. The minimum Gasteiger partial charge on any atom is -0.396 e. The Morgan fingerprint density at radius 2 is 1.29 bits per heavy atom. The molecule has 4 rings (SSSR count). The van der Waals surface area contributed by atoms with Gasteiger partial charge in [0.15, 0.2) is 6.29 Å². The quantitative estimate of drug-likeness (QED) is 0.487. The highest BCUT2D eigenvalue weighted by molar-refractivity contribution is 6.99. The maximum absolute atomic E-state index is 11.2. The van der Waals surface area contributed by atoms with Gasteiger partial charge in [0.25, 0.3) is 8.32 Å². The molecule has 1 heterocycles. The van der Waals surface area contributed by atoms with Crippen LogP contribution in [0, 0.1) is 0 Å². The van der Waals surface area contributed by atoms with E-state index in [9.17, 15) is 10.2 Å². The summed E-state index contributed by atoms with van der Waals surface area (Å²) in [4.78, 5) is 0. The molecule has 1 aliphatic heterocycles. The second-order valence-electron chi connectivity index (χ2n) is 9.80. The molecule has 180 valence electrons. The van der Waals surface area contributed by atoms with Gasteiger partial charge in [0.05, 0.1) is 13.2 Å². The van der Waals surface area contributed by atoms with Gasteiger partial charge in [-0.05, 0) is 21.0 Å². The van der Waals surface area contributed by atoms with Gasteiger partial charge in [0, 0.05) is 0 Å². The number of hydrogen-bond donors (Lipinski definition) is 2. The Morgan fingerprint density at radius 3 is 1.79 bits per heavy atom. The number of aliphatic hydroxyl groups excluding tert-OH is 2. The van der Waals surface area contributed by atoms with Gasteiger partial charge in [0.1, 0.15) is 18.3 Å². The molecule has 1 aliphatic rings. The monoisotopic (exact) mass is 478 g/mol. The SMILES string of the molecule is CC(C)(C)[Si](O[C@@H]1C(O)O[C@@H](COCc2ccccc2)[C@@H]1O)(c1ccccc1)c1ccccc1. The van der Waals surface area contributed by atoms with Crippen molar-refractivity contribution in [3.8, 4) is 0 Å². The average molecular weight is 479 g/mol. The Morgan fingerprint density at radius 1 is 0.794 bits per heavy atom. The van der Waals surface area contributed by atoms with Crippen molar-refractivity contribution in [1.29, 1.82) is 0 Å². The van der Waals surface area contributed by atoms with Crippen molar-refractivity contribution in [2.24, 2.45) is 0 Å². The smallest absolute Gasteiger partial charge is 0.261 e. The molecule has 6 heteroatoms. The number of hydrogen-bond acceptors (Lipinski definition) is 5. The van der Waals surface area contributed by atoms with Crippen LogP contribution < -0.4 is 10.4 Å². The van der Waals surface area contributed by atoms with Crippen LogP contribution in [-0.2, 0) is 20.5 Å². The highest BCUT2D eigenvalue weighted by atomic mass is 28.4. The molecule has 0 amide bonds. The third-order valence-corrected chi connectivity index (χ3v) is 11.5. The van der Waals surface area contributed by atoms with E-state index in [1.165, 1.54) is 0 Å². The normalized spacial score (nSPS) is 23.2. The van der Waals surface area contributed by atoms with E-state index in [1.54, 1.807) is 0 Å². The van der Waals surface area contributed by atoms with E-state index in [1.807, 2.05) is 66.7 Å². The fraction of sp³-hybridized carbons (Fsp3) is 0.357. The van der Waals surface area contributed by atoms with E-state index < -0.39 is 32.9 Å². The molecule has 5 nitrogen and oxygen atoms in total. The second-order valence-corrected chi connectivity index (χ2v) is 14.1. The Balaban J connectivity index is 1.60. The Labute approximate surface area is 203 Å². The van der Waals surface area contributed by atoms with Gasteiger partial charge in [-0.3, -0.25) is 0 Å². The van der Waals surface area contributed by atoms with Crippen molar-refractivity contribution in [3.05, 3.63) is 96.6 Å². The van der Waals surface area contributed by atoms with E-state index in [2.05, 4.69) is 45.0 Å². The minimum absolute atomic E-state index is 0.160. The second kappa shape index (κ2) is 10.5. The zero-order valence-electron chi connectivity index (χ0n) is 20.0. The van der Waals surface area contributed by atoms with E-state index in [4.69, 9.17) is 13.9 Å². The first-order valence-electron chi connectivity index (χ1n) is 11.7. The van der Waals surface area contributed by atoms with Gasteiger partial charge in [0.2, 0.25) is 0 Å². The summed E-state index contributed by atoms with van der Waals surface area (Å²) >= 11 is 0. The highest BCUT2D eigenvalue weighted by Gasteiger charge is 2.55. The van der Waals surface area contributed by atoms with Crippen LogP contribution in [0.15, 0.2) is 91.0 Å². The Kier molecular flexibility index (Phi) is 7.67. The predicted molar refractivity (Wildman–Crippen MR) is 135 cm³/mol. The Bertz CT molecular complexity index is 983. The van der Waals surface area contributed by atoms with Crippen LogP contribution in [0.5, 0.6) is 0 Å². The molecule has 2 N–H and O–H groups in total. The minimum atomic E-state index is -2.95. The summed E-state index contributed by atoms with van der Waals surface area (Å²) < 4.78 is 18.4. The van der Waals surface area contributed by atoms with Crippen LogP contribution in [0.25, 0.3) is 0 Å². The van der Waals surface area contributed by atoms with Gasteiger partial charge in [-0.15, -0.1) is 0 Å². The summed E-state index contributed by atoms with van der Waals surface area (Å²) in [5.41, 5.74) is 1.04. The summed E-state index contributed by atoms with van der Waals surface area (Å²) in [5, 5.41) is 23.9. The highest BCUT2D eigenvalue weighted by Crippen LogP contribution is 2.39. The lowest BCUT2D eigenvalue weighted by Crippen LogP contribution is -2.69. The number of ether oxygens (including phenoxy) is 2. The van der Waals surface area contributed by atoms with Gasteiger partial charge in [-0.25, -0.2) is 0 Å². The van der Waals surface area contributed by atoms with Crippen LogP contribution in [-0.4, -0.2) is 49.7 Å². The van der Waals surface area contributed by atoms with E-state index in [0.717, 1.165) is 15.9 Å². The maximum Gasteiger partial charge on any atom is 0.261 e. The number of aliphatic hydroxyl groups is 2. The fourth-order valence-electron chi connectivity index (χ4n) is 4.75. The lowest BCUT2D eigenvalue weighted by Gasteiger charge is -2.45. The standard InChI is InChI=1S/C28H34O5Si/c1-28(2,3)34(22-15-9-5-10-16-22,23-17-11-6-12-18-23)33-26-25(29)24(32-27(26)30)20-31-19-21-13-7-4-8-14-21/h4-18,24-27,29-30H,19-20H2,1-3H3/t24-,25-,26-,27?/m0/s1. The van der Waals surface area contributed by atoms with Crippen molar-refractivity contribution < 1.29 is 24.1 Å². The molecule has 0 radical (unpaired) electrons. The molecule has 1 saturated heterocycles. The fourth-order valence-corrected chi connectivity index (χ4v) is 9.42. The van der Waals surface area contributed by atoms with Crippen molar-refractivity contribution >= 4 is 18.7 Å². The van der Waals surface area contributed by atoms with Gasteiger partial charge in [-0.2, -0.15) is 0 Å².